The maximum atomic E-state index is 13.6. The van der Waals surface area contributed by atoms with Gasteiger partial charge >= 0.3 is 11.9 Å². The van der Waals surface area contributed by atoms with Crippen LogP contribution in [0.15, 0.2) is 11.6 Å². The predicted octanol–water partition coefficient (Wildman–Crippen LogP) is 3.03. The van der Waals surface area contributed by atoms with Crippen LogP contribution in [0.4, 0.5) is 0 Å². The number of esters is 2. The van der Waals surface area contributed by atoms with E-state index < -0.39 is 71.6 Å². The fraction of sp³-hybridized carbons (Fsp3) is 0.844. The number of ether oxygens (including phenoxy) is 5. The molecular weight excluding hydrogens is 558 g/mol. The second-order valence-corrected chi connectivity index (χ2v) is 13.2. The number of methoxy groups -OCH3 is 1. The van der Waals surface area contributed by atoms with E-state index in [-0.39, 0.29) is 24.3 Å². The van der Waals surface area contributed by atoms with Gasteiger partial charge in [-0.15, -0.1) is 0 Å². The molecule has 2 aliphatic heterocycles. The van der Waals surface area contributed by atoms with Gasteiger partial charge in [0.2, 0.25) is 0 Å². The molecule has 248 valence electrons. The molecule has 0 aliphatic carbocycles. The standard InChI is InChI=1S/C32H55NO10/c1-13-24-31(8,38)15-17(2)25(35)18(3)16-32(9,39-12)28(20(5)26(36)21(6)29(37)42-24)43-30-27(41-22(7)34)23(33(10)11)14-19(4)40-30/h15,18-21,23-24,26-28,30,36,38H,13-14,16H2,1-12H3. The first-order valence-electron chi connectivity index (χ1n) is 15.3. The number of aliphatic hydroxyl groups excluding tert-OH is 1. The molecule has 0 radical (unpaired) electrons. The van der Waals surface area contributed by atoms with E-state index in [1.807, 2.05) is 25.9 Å². The van der Waals surface area contributed by atoms with Crippen molar-refractivity contribution in [3.05, 3.63) is 11.6 Å². The summed E-state index contributed by atoms with van der Waals surface area (Å²) < 4.78 is 30.4. The molecule has 43 heavy (non-hydrogen) atoms. The van der Waals surface area contributed by atoms with Crippen molar-refractivity contribution >= 4 is 17.7 Å². The summed E-state index contributed by atoms with van der Waals surface area (Å²) in [5.41, 5.74) is -2.45. The van der Waals surface area contributed by atoms with Gasteiger partial charge in [0.1, 0.15) is 11.7 Å². The fourth-order valence-electron chi connectivity index (χ4n) is 6.57. The normalized spacial score (nSPS) is 42.2. The highest BCUT2D eigenvalue weighted by molar-refractivity contribution is 5.96. The van der Waals surface area contributed by atoms with Crippen LogP contribution < -0.4 is 0 Å². The molecule has 0 aromatic heterocycles. The van der Waals surface area contributed by atoms with Crippen LogP contribution in [0.3, 0.4) is 0 Å². The maximum absolute atomic E-state index is 13.6. The summed E-state index contributed by atoms with van der Waals surface area (Å²) in [6, 6.07) is -0.217. The molecule has 0 saturated carbocycles. The van der Waals surface area contributed by atoms with Crippen LogP contribution in [0.5, 0.6) is 0 Å². The van der Waals surface area contributed by atoms with Gasteiger partial charge in [0.15, 0.2) is 18.2 Å². The molecule has 1 saturated heterocycles. The van der Waals surface area contributed by atoms with Gasteiger partial charge in [0.25, 0.3) is 0 Å². The molecule has 0 spiro atoms. The zero-order chi connectivity index (χ0) is 33.0. The molecule has 2 heterocycles. The molecule has 0 bridgehead atoms. The van der Waals surface area contributed by atoms with Crippen LogP contribution in [0.1, 0.15) is 81.6 Å². The van der Waals surface area contributed by atoms with Crippen molar-refractivity contribution in [2.45, 2.75) is 136 Å². The third kappa shape index (κ3) is 8.85. The van der Waals surface area contributed by atoms with Crippen molar-refractivity contribution in [3.8, 4) is 0 Å². The third-order valence-corrected chi connectivity index (χ3v) is 9.14. The highest BCUT2D eigenvalue weighted by Crippen LogP contribution is 2.38. The molecule has 2 rings (SSSR count). The molecule has 0 aromatic rings. The fourth-order valence-corrected chi connectivity index (χ4v) is 6.57. The average Bonchev–Trinajstić information content (AvgIpc) is 2.92. The molecule has 12 unspecified atom stereocenters. The second-order valence-electron chi connectivity index (χ2n) is 13.2. The van der Waals surface area contributed by atoms with Crippen LogP contribution in [0, 0.1) is 17.8 Å². The Morgan fingerprint density at radius 1 is 1.16 bits per heavy atom. The molecule has 1 fully saturated rings. The Morgan fingerprint density at radius 3 is 2.28 bits per heavy atom. The number of ketones is 1. The smallest absolute Gasteiger partial charge is 0.311 e. The first-order valence-corrected chi connectivity index (χ1v) is 15.3. The Kier molecular flexibility index (Phi) is 12.9. The summed E-state index contributed by atoms with van der Waals surface area (Å²) in [7, 11) is 5.28. The first kappa shape index (κ1) is 37.3. The van der Waals surface area contributed by atoms with Gasteiger partial charge in [-0.1, -0.05) is 20.8 Å². The quantitative estimate of drug-likeness (QED) is 0.427. The Hall–Kier alpha value is -1.89. The highest BCUT2D eigenvalue weighted by Gasteiger charge is 2.50. The van der Waals surface area contributed by atoms with Crippen molar-refractivity contribution < 1.29 is 48.3 Å². The molecule has 11 heteroatoms. The molecule has 0 aromatic carbocycles. The largest absolute Gasteiger partial charge is 0.459 e. The number of allylic oxidation sites excluding steroid dienone is 1. The third-order valence-electron chi connectivity index (χ3n) is 9.14. The Morgan fingerprint density at radius 2 is 1.77 bits per heavy atom. The summed E-state index contributed by atoms with van der Waals surface area (Å²) >= 11 is 0. The summed E-state index contributed by atoms with van der Waals surface area (Å²) in [4.78, 5) is 41.0. The van der Waals surface area contributed by atoms with Gasteiger partial charge in [-0.25, -0.2) is 0 Å². The van der Waals surface area contributed by atoms with Crippen molar-refractivity contribution in [2.75, 3.05) is 21.2 Å². The molecule has 2 N–H and O–H groups in total. The lowest BCUT2D eigenvalue weighted by Gasteiger charge is -2.48. The van der Waals surface area contributed by atoms with Crippen LogP contribution in [0.25, 0.3) is 0 Å². The van der Waals surface area contributed by atoms with Crippen molar-refractivity contribution in [2.24, 2.45) is 17.8 Å². The summed E-state index contributed by atoms with van der Waals surface area (Å²) in [5.74, 6) is -3.71. The Balaban J connectivity index is 2.67. The Labute approximate surface area is 257 Å². The lowest BCUT2D eigenvalue weighted by atomic mass is 9.76. The van der Waals surface area contributed by atoms with Gasteiger partial charge in [0.05, 0.1) is 35.9 Å². The van der Waals surface area contributed by atoms with E-state index in [0.717, 1.165) is 0 Å². The lowest BCUT2D eigenvalue weighted by molar-refractivity contribution is -0.303. The average molecular weight is 614 g/mol. The number of hydrogen-bond acceptors (Lipinski definition) is 11. The minimum Gasteiger partial charge on any atom is -0.459 e. The summed E-state index contributed by atoms with van der Waals surface area (Å²) in [6.07, 6.45) is -2.68. The lowest BCUT2D eigenvalue weighted by Crippen LogP contribution is -2.60. The van der Waals surface area contributed by atoms with E-state index in [2.05, 4.69) is 0 Å². The van der Waals surface area contributed by atoms with Gasteiger partial charge < -0.3 is 38.8 Å². The van der Waals surface area contributed by atoms with Crippen molar-refractivity contribution in [1.82, 2.24) is 4.90 Å². The van der Waals surface area contributed by atoms with E-state index >= 15 is 0 Å². The molecule has 0 amide bonds. The first-order chi connectivity index (χ1) is 19.8. The van der Waals surface area contributed by atoms with E-state index in [1.165, 1.54) is 27.0 Å². The number of cyclic esters (lactones) is 1. The van der Waals surface area contributed by atoms with E-state index in [0.29, 0.717) is 18.4 Å². The molecule has 11 nitrogen and oxygen atoms in total. The van der Waals surface area contributed by atoms with Gasteiger partial charge in [-0.05, 0) is 79.6 Å². The van der Waals surface area contributed by atoms with E-state index in [9.17, 15) is 24.6 Å². The molecule has 12 atom stereocenters. The zero-order valence-corrected chi connectivity index (χ0v) is 28.1. The minimum atomic E-state index is -1.61. The monoisotopic (exact) mass is 613 g/mol. The minimum absolute atomic E-state index is 0.186. The maximum Gasteiger partial charge on any atom is 0.311 e. The summed E-state index contributed by atoms with van der Waals surface area (Å²) in [5, 5.41) is 22.8. The zero-order valence-electron chi connectivity index (χ0n) is 28.1. The number of nitrogens with zero attached hydrogens (tertiary/aromatic N) is 1. The number of carbonyl (C=O) groups excluding carboxylic acids is 3. The number of rotatable bonds is 6. The number of carbonyl (C=O) groups is 3. The van der Waals surface area contributed by atoms with Crippen molar-refractivity contribution in [3.63, 3.8) is 0 Å². The number of hydrogen-bond donors (Lipinski definition) is 2. The number of Topliss-reactive ketones (excluding diaryl/α,β-unsaturated/α-hetero) is 1. The van der Waals surface area contributed by atoms with Gasteiger partial charge in [0, 0.05) is 25.9 Å². The Bertz CT molecular complexity index is 1010. The van der Waals surface area contributed by atoms with Crippen LogP contribution in [-0.2, 0) is 38.1 Å². The van der Waals surface area contributed by atoms with Gasteiger partial charge in [-0.2, -0.15) is 0 Å². The second kappa shape index (κ2) is 14.9. The number of likely N-dealkylation sites (N-methyl/N-ethyl adjacent to an activating group) is 1. The van der Waals surface area contributed by atoms with Crippen LogP contribution in [0.2, 0.25) is 0 Å². The van der Waals surface area contributed by atoms with E-state index in [4.69, 9.17) is 23.7 Å². The van der Waals surface area contributed by atoms with Crippen molar-refractivity contribution in [1.29, 1.82) is 0 Å². The van der Waals surface area contributed by atoms with Crippen LogP contribution >= 0.6 is 0 Å². The highest BCUT2D eigenvalue weighted by atomic mass is 16.7. The number of aliphatic hydroxyl groups is 2. The van der Waals surface area contributed by atoms with Crippen LogP contribution in [-0.4, -0.2) is 108 Å². The topological polar surface area (TPSA) is 141 Å². The van der Waals surface area contributed by atoms with E-state index in [1.54, 1.807) is 41.5 Å². The molecule has 2 aliphatic rings. The summed E-state index contributed by atoms with van der Waals surface area (Å²) in [6.45, 7) is 15.0. The SMILES string of the molecule is CCC1OC(=O)C(C)C(O)C(C)C(OC2OC(C)CC(N(C)C)C2OC(C)=O)C(C)(OC)CC(C)C(=O)C(C)=CC1(C)O. The predicted molar refractivity (Wildman–Crippen MR) is 160 cm³/mol. The van der Waals surface area contributed by atoms with Gasteiger partial charge in [-0.3, -0.25) is 14.4 Å². The molecular formula is C32H55NO10.